The van der Waals surface area contributed by atoms with Gasteiger partial charge in [-0.05, 0) is 24.4 Å². The second-order valence-electron chi connectivity index (χ2n) is 2.99. The minimum Gasteiger partial charge on any atom is -0.448 e. The molecule has 0 radical (unpaired) electrons. The Hall–Kier alpha value is -1.53. The van der Waals surface area contributed by atoms with E-state index in [1.54, 1.807) is 24.3 Å². The highest BCUT2D eigenvalue weighted by Crippen LogP contribution is 2.16. The Balaban J connectivity index is 2.45. The molecule has 92 valence electrons. The number of carbonyl (C=O) groups is 1. The molecule has 0 heterocycles. The number of thiocarbonyl (C=S) groups is 1. The SMILES string of the molecule is Nc1ccccc1NC(=S)NC(=O)OCCCl. The van der Waals surface area contributed by atoms with Gasteiger partial charge in [0.2, 0.25) is 0 Å². The first kappa shape index (κ1) is 13.5. The lowest BCUT2D eigenvalue weighted by molar-refractivity contribution is 0.158. The molecule has 7 heteroatoms. The molecule has 0 unspecified atom stereocenters. The molecule has 17 heavy (non-hydrogen) atoms. The minimum absolute atomic E-state index is 0.113. The van der Waals surface area contributed by atoms with Gasteiger partial charge in [0, 0.05) is 0 Å². The molecule has 0 aromatic heterocycles. The minimum atomic E-state index is -0.655. The summed E-state index contributed by atoms with van der Waals surface area (Å²) in [5.41, 5.74) is 6.85. The molecule has 1 aromatic rings. The number of nitrogens with one attached hydrogen (secondary N) is 2. The van der Waals surface area contributed by atoms with Crippen LogP contribution in [0.1, 0.15) is 0 Å². The number of hydrogen-bond acceptors (Lipinski definition) is 4. The van der Waals surface area contributed by atoms with E-state index in [0.29, 0.717) is 11.4 Å². The van der Waals surface area contributed by atoms with Crippen molar-refractivity contribution in [3.05, 3.63) is 24.3 Å². The Bertz CT molecular complexity index is 414. The Kier molecular flexibility index (Phi) is 5.51. The van der Waals surface area contributed by atoms with Crippen molar-refractivity contribution in [3.63, 3.8) is 0 Å². The summed E-state index contributed by atoms with van der Waals surface area (Å²) in [5.74, 6) is 0.235. The lowest BCUT2D eigenvalue weighted by Crippen LogP contribution is -2.35. The number of benzene rings is 1. The average molecular weight is 274 g/mol. The van der Waals surface area contributed by atoms with Crippen LogP contribution in [-0.2, 0) is 4.74 Å². The van der Waals surface area contributed by atoms with Crippen LogP contribution in [0.2, 0.25) is 0 Å². The predicted octanol–water partition coefficient (Wildman–Crippen LogP) is 1.93. The lowest BCUT2D eigenvalue weighted by atomic mass is 10.3. The first-order valence-electron chi connectivity index (χ1n) is 4.78. The van der Waals surface area contributed by atoms with Gasteiger partial charge in [-0.15, -0.1) is 11.6 Å². The average Bonchev–Trinajstić information content (AvgIpc) is 2.29. The van der Waals surface area contributed by atoms with E-state index in [1.165, 1.54) is 0 Å². The summed E-state index contributed by atoms with van der Waals surface area (Å²) in [6, 6.07) is 7.06. The molecule has 0 fully saturated rings. The number of alkyl halides is 1. The van der Waals surface area contributed by atoms with Crippen molar-refractivity contribution in [1.82, 2.24) is 5.32 Å². The molecule has 0 aliphatic heterocycles. The molecule has 0 aliphatic carbocycles. The fourth-order valence-electron chi connectivity index (χ4n) is 1.02. The number of nitrogens with two attached hydrogens (primary N) is 1. The van der Waals surface area contributed by atoms with Crippen LogP contribution in [0.5, 0.6) is 0 Å². The number of alkyl carbamates (subject to hydrolysis) is 1. The highest BCUT2D eigenvalue weighted by molar-refractivity contribution is 7.80. The van der Waals surface area contributed by atoms with E-state index in [-0.39, 0.29) is 17.6 Å². The van der Waals surface area contributed by atoms with E-state index < -0.39 is 6.09 Å². The fraction of sp³-hybridized carbons (Fsp3) is 0.200. The summed E-state index contributed by atoms with van der Waals surface area (Å²) in [5, 5.41) is 5.23. The third-order valence-electron chi connectivity index (χ3n) is 1.73. The highest BCUT2D eigenvalue weighted by atomic mass is 35.5. The van der Waals surface area contributed by atoms with Crippen LogP contribution in [0.25, 0.3) is 0 Å². The number of amides is 1. The van der Waals surface area contributed by atoms with Gasteiger partial charge in [-0.2, -0.15) is 0 Å². The zero-order valence-electron chi connectivity index (χ0n) is 8.90. The maximum Gasteiger partial charge on any atom is 0.413 e. The van der Waals surface area contributed by atoms with E-state index in [1.807, 2.05) is 0 Å². The quantitative estimate of drug-likeness (QED) is 0.446. The summed E-state index contributed by atoms with van der Waals surface area (Å²) in [4.78, 5) is 11.1. The Morgan fingerprint density at radius 3 is 2.82 bits per heavy atom. The van der Waals surface area contributed by atoms with Crippen molar-refractivity contribution in [2.45, 2.75) is 0 Å². The van der Waals surface area contributed by atoms with Crippen LogP contribution in [-0.4, -0.2) is 23.7 Å². The standard InChI is InChI=1S/C10H12ClN3O2S/c11-5-6-16-10(15)14-9(17)13-8-4-2-1-3-7(8)12/h1-4H,5-6,12H2,(H2,13,14,15,17). The molecule has 5 nitrogen and oxygen atoms in total. The third kappa shape index (κ3) is 4.88. The zero-order chi connectivity index (χ0) is 12.7. The Morgan fingerprint density at radius 1 is 1.47 bits per heavy atom. The molecule has 0 atom stereocenters. The van der Waals surface area contributed by atoms with Gasteiger partial charge in [-0.25, -0.2) is 4.79 Å². The van der Waals surface area contributed by atoms with Crippen molar-refractivity contribution < 1.29 is 9.53 Å². The molecule has 1 amide bonds. The normalized spacial score (nSPS) is 9.47. The van der Waals surface area contributed by atoms with Crippen LogP contribution in [0.4, 0.5) is 16.2 Å². The molecule has 1 rings (SSSR count). The Morgan fingerprint density at radius 2 is 2.18 bits per heavy atom. The first-order valence-corrected chi connectivity index (χ1v) is 5.73. The van der Waals surface area contributed by atoms with E-state index in [4.69, 9.17) is 29.6 Å². The van der Waals surface area contributed by atoms with E-state index >= 15 is 0 Å². The van der Waals surface area contributed by atoms with Gasteiger partial charge in [0.1, 0.15) is 6.61 Å². The maximum absolute atomic E-state index is 11.1. The van der Waals surface area contributed by atoms with Gasteiger partial charge in [0.05, 0.1) is 17.3 Å². The number of rotatable bonds is 3. The number of anilines is 2. The molecule has 0 saturated heterocycles. The van der Waals surface area contributed by atoms with Gasteiger partial charge in [-0.1, -0.05) is 12.1 Å². The fourth-order valence-corrected chi connectivity index (χ4v) is 1.29. The number of ether oxygens (including phenoxy) is 1. The van der Waals surface area contributed by atoms with Crippen LogP contribution in [0.15, 0.2) is 24.3 Å². The Labute approximate surface area is 109 Å². The smallest absolute Gasteiger partial charge is 0.413 e. The van der Waals surface area contributed by atoms with Crippen LogP contribution >= 0.6 is 23.8 Å². The van der Waals surface area contributed by atoms with Gasteiger partial charge < -0.3 is 15.8 Å². The number of halogens is 1. The van der Waals surface area contributed by atoms with Crippen molar-refractivity contribution >= 4 is 46.4 Å². The van der Waals surface area contributed by atoms with Gasteiger partial charge in [0.25, 0.3) is 0 Å². The largest absolute Gasteiger partial charge is 0.448 e. The summed E-state index contributed by atoms with van der Waals surface area (Å²) in [7, 11) is 0. The predicted molar refractivity (Wildman–Crippen MR) is 72.3 cm³/mol. The van der Waals surface area contributed by atoms with Crippen LogP contribution in [0, 0.1) is 0 Å². The van der Waals surface area contributed by atoms with Gasteiger partial charge >= 0.3 is 6.09 Å². The summed E-state index contributed by atoms with van der Waals surface area (Å²) < 4.78 is 4.69. The van der Waals surface area contributed by atoms with E-state index in [2.05, 4.69) is 15.4 Å². The molecule has 4 N–H and O–H groups in total. The summed E-state index contributed by atoms with van der Waals surface area (Å²) in [6.07, 6.45) is -0.655. The number of carbonyl (C=O) groups excluding carboxylic acids is 1. The molecule has 1 aromatic carbocycles. The van der Waals surface area contributed by atoms with Crippen molar-refractivity contribution in [2.75, 3.05) is 23.5 Å². The molecular weight excluding hydrogens is 262 g/mol. The zero-order valence-corrected chi connectivity index (χ0v) is 10.5. The second kappa shape index (κ2) is 6.93. The molecule has 0 spiro atoms. The topological polar surface area (TPSA) is 76.4 Å². The number of hydrogen-bond donors (Lipinski definition) is 3. The van der Waals surface area contributed by atoms with E-state index in [0.717, 1.165) is 0 Å². The highest BCUT2D eigenvalue weighted by Gasteiger charge is 2.06. The van der Waals surface area contributed by atoms with Gasteiger partial charge in [-0.3, -0.25) is 5.32 Å². The molecular formula is C10H12ClN3O2S. The van der Waals surface area contributed by atoms with E-state index in [9.17, 15) is 4.79 Å². The molecule has 0 aliphatic rings. The number of nitrogen functional groups attached to an aromatic ring is 1. The number of para-hydroxylation sites is 2. The second-order valence-corrected chi connectivity index (χ2v) is 3.78. The maximum atomic E-state index is 11.1. The van der Waals surface area contributed by atoms with Crippen molar-refractivity contribution in [1.29, 1.82) is 0 Å². The lowest BCUT2D eigenvalue weighted by Gasteiger charge is -2.10. The molecule has 0 bridgehead atoms. The van der Waals surface area contributed by atoms with Crippen molar-refractivity contribution in [2.24, 2.45) is 0 Å². The van der Waals surface area contributed by atoms with Crippen LogP contribution in [0.3, 0.4) is 0 Å². The third-order valence-corrected chi connectivity index (χ3v) is 2.09. The first-order chi connectivity index (χ1) is 8.13. The summed E-state index contributed by atoms with van der Waals surface area (Å²) in [6.45, 7) is 0.128. The monoisotopic (exact) mass is 273 g/mol. The van der Waals surface area contributed by atoms with Gasteiger partial charge in [0.15, 0.2) is 5.11 Å². The van der Waals surface area contributed by atoms with Crippen LogP contribution < -0.4 is 16.4 Å². The van der Waals surface area contributed by atoms with Crippen molar-refractivity contribution in [3.8, 4) is 0 Å². The summed E-state index contributed by atoms with van der Waals surface area (Å²) >= 11 is 10.3. The molecule has 0 saturated carbocycles.